The lowest BCUT2D eigenvalue weighted by Crippen LogP contribution is -2.29. The minimum absolute atomic E-state index is 0.148. The molecule has 0 unspecified atom stereocenters. The summed E-state index contributed by atoms with van der Waals surface area (Å²) in [6, 6.07) is 7.05. The summed E-state index contributed by atoms with van der Waals surface area (Å²) < 4.78 is 15.2. The maximum absolute atomic E-state index is 13.5. The van der Waals surface area contributed by atoms with Crippen LogP contribution in [0.2, 0.25) is 0 Å². The van der Waals surface area contributed by atoms with Crippen LogP contribution in [-0.2, 0) is 20.0 Å². The second kappa shape index (κ2) is 5.73. The lowest BCUT2D eigenvalue weighted by Gasteiger charge is -2.13. The molecular formula is C13H17FN4. The third-order valence-corrected chi connectivity index (χ3v) is 2.90. The number of aryl methyl sites for hydroxylation is 1. The van der Waals surface area contributed by atoms with E-state index in [1.165, 1.54) is 12.4 Å². The molecule has 2 aromatic rings. The fourth-order valence-electron chi connectivity index (χ4n) is 1.81. The van der Waals surface area contributed by atoms with Gasteiger partial charge in [0.25, 0.3) is 0 Å². The Hall–Kier alpha value is -1.75. The average Bonchev–Trinajstić information content (AvgIpc) is 2.75. The summed E-state index contributed by atoms with van der Waals surface area (Å²) in [7, 11) is 1.85. The Balaban J connectivity index is 1.88. The summed E-state index contributed by atoms with van der Waals surface area (Å²) in [6.07, 6.45) is 2.18. The van der Waals surface area contributed by atoms with Crippen LogP contribution in [0.4, 0.5) is 4.39 Å². The van der Waals surface area contributed by atoms with E-state index in [1.54, 1.807) is 10.7 Å². The van der Waals surface area contributed by atoms with Crippen molar-refractivity contribution in [1.29, 1.82) is 0 Å². The zero-order chi connectivity index (χ0) is 13.0. The van der Waals surface area contributed by atoms with Gasteiger partial charge in [-0.15, -0.1) is 0 Å². The molecule has 1 heterocycles. The van der Waals surface area contributed by atoms with E-state index < -0.39 is 0 Å². The molecule has 5 heteroatoms. The molecule has 18 heavy (non-hydrogen) atoms. The Labute approximate surface area is 106 Å². The minimum atomic E-state index is -0.148. The van der Waals surface area contributed by atoms with Crippen molar-refractivity contribution in [2.75, 3.05) is 0 Å². The number of halogens is 1. The van der Waals surface area contributed by atoms with Gasteiger partial charge in [0.05, 0.1) is 6.54 Å². The van der Waals surface area contributed by atoms with Crippen LogP contribution >= 0.6 is 0 Å². The van der Waals surface area contributed by atoms with Gasteiger partial charge < -0.3 is 5.32 Å². The third kappa shape index (κ3) is 3.13. The van der Waals surface area contributed by atoms with Gasteiger partial charge in [-0.2, -0.15) is 5.10 Å². The molecule has 0 saturated heterocycles. The van der Waals surface area contributed by atoms with Gasteiger partial charge in [0, 0.05) is 13.1 Å². The molecule has 0 fully saturated rings. The molecular weight excluding hydrogens is 231 g/mol. The van der Waals surface area contributed by atoms with Crippen molar-refractivity contribution in [2.45, 2.75) is 25.9 Å². The van der Waals surface area contributed by atoms with Crippen LogP contribution < -0.4 is 5.32 Å². The molecule has 0 bridgehead atoms. The smallest absolute Gasteiger partial charge is 0.140 e. The molecule has 0 aliphatic carbocycles. The first-order chi connectivity index (χ1) is 8.66. The van der Waals surface area contributed by atoms with Crippen LogP contribution in [-0.4, -0.2) is 20.8 Å². The van der Waals surface area contributed by atoms with Crippen LogP contribution in [0.1, 0.15) is 18.3 Å². The molecule has 1 N–H and O–H groups in total. The zero-order valence-electron chi connectivity index (χ0n) is 10.6. The molecule has 0 saturated carbocycles. The number of nitrogens with one attached hydrogen (secondary N) is 1. The van der Waals surface area contributed by atoms with E-state index >= 15 is 0 Å². The van der Waals surface area contributed by atoms with Gasteiger partial charge in [-0.05, 0) is 25.0 Å². The first-order valence-electron chi connectivity index (χ1n) is 5.96. The molecule has 1 aromatic heterocycles. The van der Waals surface area contributed by atoms with E-state index in [0.29, 0.717) is 13.0 Å². The number of nitrogens with zero attached hydrogens (tertiary/aromatic N) is 3. The number of hydrogen-bond acceptors (Lipinski definition) is 3. The van der Waals surface area contributed by atoms with Crippen LogP contribution in [0, 0.1) is 5.82 Å². The third-order valence-electron chi connectivity index (χ3n) is 2.90. The van der Waals surface area contributed by atoms with Gasteiger partial charge in [0.15, 0.2) is 0 Å². The quantitative estimate of drug-likeness (QED) is 0.875. The molecule has 0 amide bonds. The highest BCUT2D eigenvalue weighted by Crippen LogP contribution is 2.09. The molecule has 1 atom stereocenters. The number of rotatable bonds is 5. The molecule has 0 aliphatic rings. The van der Waals surface area contributed by atoms with Crippen molar-refractivity contribution >= 4 is 0 Å². The van der Waals surface area contributed by atoms with E-state index in [2.05, 4.69) is 15.4 Å². The van der Waals surface area contributed by atoms with Crippen molar-refractivity contribution in [3.8, 4) is 0 Å². The van der Waals surface area contributed by atoms with Crippen molar-refractivity contribution < 1.29 is 4.39 Å². The standard InChI is InChI=1S/C13H17FN4/c1-10(7-11-5-3-4-6-12(11)14)15-8-13-16-9-17-18(13)2/h3-6,9-10,15H,7-8H2,1-2H3/t10-/m0/s1. The Morgan fingerprint density at radius 3 is 2.83 bits per heavy atom. The molecule has 96 valence electrons. The normalized spacial score (nSPS) is 12.6. The van der Waals surface area contributed by atoms with Gasteiger partial charge in [-0.3, -0.25) is 4.68 Å². The maximum Gasteiger partial charge on any atom is 0.140 e. The summed E-state index contributed by atoms with van der Waals surface area (Å²) >= 11 is 0. The largest absolute Gasteiger partial charge is 0.307 e. The van der Waals surface area contributed by atoms with Crippen molar-refractivity contribution in [2.24, 2.45) is 7.05 Å². The number of benzene rings is 1. The van der Waals surface area contributed by atoms with E-state index in [4.69, 9.17) is 0 Å². The van der Waals surface area contributed by atoms with E-state index in [9.17, 15) is 4.39 Å². The fourth-order valence-corrected chi connectivity index (χ4v) is 1.81. The van der Waals surface area contributed by atoms with E-state index in [1.807, 2.05) is 26.1 Å². The van der Waals surface area contributed by atoms with Crippen molar-refractivity contribution in [3.05, 3.63) is 47.8 Å². The topological polar surface area (TPSA) is 42.7 Å². The fraction of sp³-hybridized carbons (Fsp3) is 0.385. The summed E-state index contributed by atoms with van der Waals surface area (Å²) in [5.74, 6) is 0.722. The molecule has 2 rings (SSSR count). The van der Waals surface area contributed by atoms with Gasteiger partial charge in [0.1, 0.15) is 18.0 Å². The van der Waals surface area contributed by atoms with Gasteiger partial charge in [0.2, 0.25) is 0 Å². The summed E-state index contributed by atoms with van der Waals surface area (Å²) in [5, 5.41) is 7.31. The second-order valence-electron chi connectivity index (χ2n) is 4.38. The van der Waals surface area contributed by atoms with Gasteiger partial charge in [-0.1, -0.05) is 18.2 Å². The Morgan fingerprint density at radius 1 is 1.39 bits per heavy atom. The lowest BCUT2D eigenvalue weighted by molar-refractivity contribution is 0.507. The van der Waals surface area contributed by atoms with Gasteiger partial charge >= 0.3 is 0 Å². The summed E-state index contributed by atoms with van der Waals surface area (Å²) in [5.41, 5.74) is 0.732. The SMILES string of the molecule is C[C@@H](Cc1ccccc1F)NCc1ncnn1C. The highest BCUT2D eigenvalue weighted by atomic mass is 19.1. The summed E-state index contributed by atoms with van der Waals surface area (Å²) in [6.45, 7) is 2.66. The summed E-state index contributed by atoms with van der Waals surface area (Å²) in [4.78, 5) is 4.13. The van der Waals surface area contributed by atoms with Crippen molar-refractivity contribution in [3.63, 3.8) is 0 Å². The van der Waals surface area contributed by atoms with Crippen LogP contribution in [0.3, 0.4) is 0 Å². The highest BCUT2D eigenvalue weighted by molar-refractivity contribution is 5.18. The predicted molar refractivity (Wildman–Crippen MR) is 67.4 cm³/mol. The number of hydrogen-bond donors (Lipinski definition) is 1. The van der Waals surface area contributed by atoms with Crippen molar-refractivity contribution in [1.82, 2.24) is 20.1 Å². The van der Waals surface area contributed by atoms with E-state index in [0.717, 1.165) is 11.4 Å². The highest BCUT2D eigenvalue weighted by Gasteiger charge is 2.08. The maximum atomic E-state index is 13.5. The predicted octanol–water partition coefficient (Wildman–Crippen LogP) is 1.68. The van der Waals surface area contributed by atoms with Crippen LogP contribution in [0.25, 0.3) is 0 Å². The molecule has 4 nitrogen and oxygen atoms in total. The van der Waals surface area contributed by atoms with Crippen LogP contribution in [0.5, 0.6) is 0 Å². The minimum Gasteiger partial charge on any atom is -0.307 e. The first-order valence-corrected chi connectivity index (χ1v) is 5.96. The molecule has 0 spiro atoms. The Kier molecular flexibility index (Phi) is 4.04. The molecule has 1 aromatic carbocycles. The first kappa shape index (κ1) is 12.7. The monoisotopic (exact) mass is 248 g/mol. The Morgan fingerprint density at radius 2 is 2.17 bits per heavy atom. The second-order valence-corrected chi connectivity index (χ2v) is 4.38. The molecule has 0 radical (unpaired) electrons. The average molecular weight is 248 g/mol. The number of aromatic nitrogens is 3. The molecule has 0 aliphatic heterocycles. The van der Waals surface area contributed by atoms with E-state index in [-0.39, 0.29) is 11.9 Å². The lowest BCUT2D eigenvalue weighted by atomic mass is 10.1. The zero-order valence-corrected chi connectivity index (χ0v) is 10.6. The van der Waals surface area contributed by atoms with Crippen LogP contribution in [0.15, 0.2) is 30.6 Å². The Bertz CT molecular complexity index is 509. The van der Waals surface area contributed by atoms with Gasteiger partial charge in [-0.25, -0.2) is 9.37 Å².